The highest BCUT2D eigenvalue weighted by molar-refractivity contribution is 4.48. The minimum Gasteiger partial charge on any atom is -0.257 e. The van der Waals surface area contributed by atoms with Crippen molar-refractivity contribution >= 4 is 0 Å². The summed E-state index contributed by atoms with van der Waals surface area (Å²) in [6.07, 6.45) is 13.7. The molecule has 104 valence electrons. The molecule has 0 fully saturated rings. The lowest BCUT2D eigenvalue weighted by Gasteiger charge is -2.06. The third kappa shape index (κ3) is 15.8. The minimum absolute atomic E-state index is 0.963. The van der Waals surface area contributed by atoms with E-state index in [2.05, 4.69) is 29.0 Å². The number of nitrogens with one attached hydrogen (secondary N) is 4. The lowest BCUT2D eigenvalue weighted by atomic mass is 10.1. The van der Waals surface area contributed by atoms with E-state index in [1.165, 1.54) is 64.2 Å². The monoisotopic (exact) mass is 245 g/mol. The zero-order valence-electron chi connectivity index (χ0n) is 11.4. The predicted molar refractivity (Wildman–Crippen MR) is 73.4 cm³/mol. The molecule has 0 amide bonds. The van der Waals surface area contributed by atoms with Crippen LogP contribution in [0.2, 0.25) is 0 Å². The summed E-state index contributed by atoms with van der Waals surface area (Å²) in [6, 6.07) is 0. The van der Waals surface area contributed by atoms with Crippen molar-refractivity contribution in [2.75, 3.05) is 6.54 Å². The van der Waals surface area contributed by atoms with Gasteiger partial charge in [0, 0.05) is 6.54 Å². The van der Waals surface area contributed by atoms with E-state index >= 15 is 0 Å². The van der Waals surface area contributed by atoms with Crippen LogP contribution in [0.3, 0.4) is 0 Å². The lowest BCUT2D eigenvalue weighted by molar-refractivity contribution is 0.370. The van der Waals surface area contributed by atoms with Gasteiger partial charge >= 0.3 is 0 Å². The molecule has 0 unspecified atom stereocenters. The largest absolute Gasteiger partial charge is 0.257 e. The van der Waals surface area contributed by atoms with Crippen molar-refractivity contribution in [3.63, 3.8) is 0 Å². The van der Waals surface area contributed by atoms with E-state index < -0.39 is 0 Å². The second-order valence-corrected chi connectivity index (χ2v) is 4.50. The third-order valence-electron chi connectivity index (χ3n) is 2.88. The standard InChI is InChI=1S/C12H31N5/c1-2-3-4-5-6-7-8-9-10-11-12-14-16-17-15-13/h14-17H,2-13H2,1H3. The second-order valence-electron chi connectivity index (χ2n) is 4.50. The van der Waals surface area contributed by atoms with E-state index in [0.717, 1.165) is 6.54 Å². The molecule has 0 aliphatic heterocycles. The lowest BCUT2D eigenvalue weighted by Crippen LogP contribution is -2.53. The Bertz CT molecular complexity index is 118. The maximum absolute atomic E-state index is 5.00. The van der Waals surface area contributed by atoms with Crippen molar-refractivity contribution in [2.45, 2.75) is 71.1 Å². The summed E-state index contributed by atoms with van der Waals surface area (Å²) >= 11 is 0. The quantitative estimate of drug-likeness (QED) is 0.184. The van der Waals surface area contributed by atoms with Crippen LogP contribution in [-0.4, -0.2) is 6.54 Å². The molecular weight excluding hydrogens is 214 g/mol. The minimum atomic E-state index is 0.963. The van der Waals surface area contributed by atoms with Gasteiger partial charge in [-0.15, -0.1) is 0 Å². The molecule has 0 aromatic rings. The fourth-order valence-corrected chi connectivity index (χ4v) is 1.84. The van der Waals surface area contributed by atoms with Gasteiger partial charge in [0.15, 0.2) is 0 Å². The SMILES string of the molecule is CCCCCCCCCCCCNNNNN. The summed E-state index contributed by atoms with van der Waals surface area (Å²) < 4.78 is 0. The first-order chi connectivity index (χ1) is 8.41. The Morgan fingerprint density at radius 3 is 1.76 bits per heavy atom. The molecule has 0 aliphatic carbocycles. The zero-order chi connectivity index (χ0) is 12.6. The molecule has 0 spiro atoms. The van der Waals surface area contributed by atoms with E-state index in [1.807, 2.05) is 0 Å². The summed E-state index contributed by atoms with van der Waals surface area (Å²) in [5, 5.41) is 0. The van der Waals surface area contributed by atoms with Crippen molar-refractivity contribution in [3.8, 4) is 0 Å². The van der Waals surface area contributed by atoms with Gasteiger partial charge in [0.25, 0.3) is 0 Å². The third-order valence-corrected chi connectivity index (χ3v) is 2.88. The fourth-order valence-electron chi connectivity index (χ4n) is 1.84. The summed E-state index contributed by atoms with van der Waals surface area (Å²) in [5.41, 5.74) is 10.6. The smallest absolute Gasteiger partial charge is 0.0113 e. The van der Waals surface area contributed by atoms with Crippen LogP contribution in [0.25, 0.3) is 0 Å². The Labute approximate surface area is 106 Å². The summed E-state index contributed by atoms with van der Waals surface area (Å²) in [4.78, 5) is 0. The molecule has 0 saturated heterocycles. The van der Waals surface area contributed by atoms with Gasteiger partial charge in [0.05, 0.1) is 0 Å². The average molecular weight is 245 g/mol. The van der Waals surface area contributed by atoms with Crippen LogP contribution >= 0.6 is 0 Å². The number of hydrazine groups is 4. The van der Waals surface area contributed by atoms with Crippen LogP contribution in [-0.2, 0) is 0 Å². The number of hydrogen-bond donors (Lipinski definition) is 5. The van der Waals surface area contributed by atoms with Gasteiger partial charge in [0.1, 0.15) is 0 Å². The molecule has 0 heterocycles. The molecular formula is C12H31N5. The van der Waals surface area contributed by atoms with Gasteiger partial charge in [-0.05, 0) is 6.42 Å². The Hall–Kier alpha value is -0.200. The highest BCUT2D eigenvalue weighted by Gasteiger charge is 1.92. The average Bonchev–Trinajstić information content (AvgIpc) is 2.35. The maximum atomic E-state index is 5.00. The molecule has 0 radical (unpaired) electrons. The van der Waals surface area contributed by atoms with Crippen LogP contribution in [0.1, 0.15) is 71.1 Å². The van der Waals surface area contributed by atoms with Crippen molar-refractivity contribution < 1.29 is 0 Å². The Morgan fingerprint density at radius 1 is 0.706 bits per heavy atom. The first kappa shape index (κ1) is 16.8. The van der Waals surface area contributed by atoms with E-state index in [-0.39, 0.29) is 0 Å². The van der Waals surface area contributed by atoms with E-state index in [1.54, 1.807) is 0 Å². The van der Waals surface area contributed by atoms with Gasteiger partial charge in [0.2, 0.25) is 0 Å². The molecule has 6 N–H and O–H groups in total. The van der Waals surface area contributed by atoms with E-state index in [9.17, 15) is 0 Å². The second kappa shape index (κ2) is 15.8. The van der Waals surface area contributed by atoms with Crippen LogP contribution in [0.5, 0.6) is 0 Å². The van der Waals surface area contributed by atoms with Crippen LogP contribution in [0, 0.1) is 0 Å². The molecule has 0 saturated carbocycles. The number of hydrogen-bond acceptors (Lipinski definition) is 5. The number of rotatable bonds is 14. The van der Waals surface area contributed by atoms with Gasteiger partial charge in [-0.3, -0.25) is 5.84 Å². The van der Waals surface area contributed by atoms with Gasteiger partial charge in [-0.25, -0.2) is 5.43 Å². The van der Waals surface area contributed by atoms with Gasteiger partial charge < -0.3 is 0 Å². The molecule has 0 bridgehead atoms. The van der Waals surface area contributed by atoms with Crippen molar-refractivity contribution in [2.24, 2.45) is 5.84 Å². The molecule has 0 aromatic heterocycles. The number of unbranched alkanes of at least 4 members (excludes halogenated alkanes) is 9. The zero-order valence-corrected chi connectivity index (χ0v) is 11.4. The summed E-state index contributed by atoms with van der Waals surface area (Å²) in [6.45, 7) is 3.23. The van der Waals surface area contributed by atoms with Crippen LogP contribution < -0.4 is 27.9 Å². The first-order valence-electron chi connectivity index (χ1n) is 7.10. The van der Waals surface area contributed by atoms with Crippen molar-refractivity contribution in [1.29, 1.82) is 0 Å². The predicted octanol–water partition coefficient (Wildman–Crippen LogP) is 1.88. The van der Waals surface area contributed by atoms with Crippen LogP contribution in [0.15, 0.2) is 0 Å². The first-order valence-corrected chi connectivity index (χ1v) is 7.10. The molecule has 0 aliphatic rings. The van der Waals surface area contributed by atoms with Crippen LogP contribution in [0.4, 0.5) is 0 Å². The Balaban J connectivity index is 2.85. The Kier molecular flexibility index (Phi) is 15.6. The number of nitrogens with two attached hydrogens (primary N) is 1. The normalized spacial score (nSPS) is 10.9. The van der Waals surface area contributed by atoms with E-state index in [4.69, 9.17) is 5.84 Å². The molecule has 5 nitrogen and oxygen atoms in total. The molecule has 0 aromatic carbocycles. The summed E-state index contributed by atoms with van der Waals surface area (Å²) in [7, 11) is 0. The topological polar surface area (TPSA) is 74.1 Å². The Morgan fingerprint density at radius 2 is 1.24 bits per heavy atom. The highest BCUT2D eigenvalue weighted by atomic mass is 15.8. The molecule has 17 heavy (non-hydrogen) atoms. The highest BCUT2D eigenvalue weighted by Crippen LogP contribution is 2.09. The van der Waals surface area contributed by atoms with E-state index in [0.29, 0.717) is 0 Å². The fraction of sp³-hybridized carbons (Fsp3) is 1.00. The molecule has 5 heteroatoms. The summed E-state index contributed by atoms with van der Waals surface area (Å²) in [5.74, 6) is 5.00. The molecule has 0 atom stereocenters. The van der Waals surface area contributed by atoms with Crippen molar-refractivity contribution in [3.05, 3.63) is 0 Å². The van der Waals surface area contributed by atoms with Crippen molar-refractivity contribution in [1.82, 2.24) is 22.0 Å². The maximum Gasteiger partial charge on any atom is 0.0113 e. The van der Waals surface area contributed by atoms with Gasteiger partial charge in [-0.1, -0.05) is 64.7 Å². The molecule has 0 rings (SSSR count). The van der Waals surface area contributed by atoms with Gasteiger partial charge in [-0.2, -0.15) is 16.6 Å².